The first kappa shape index (κ1) is 15.5. The van der Waals surface area contributed by atoms with Crippen molar-refractivity contribution < 1.29 is 0 Å². The molecule has 3 nitrogen and oxygen atoms in total. The highest BCUT2D eigenvalue weighted by atomic mass is 15.0. The highest BCUT2D eigenvalue weighted by Gasteiger charge is 2.04. The molecule has 1 heterocycles. The Kier molecular flexibility index (Phi) is 5.22. The van der Waals surface area contributed by atoms with Gasteiger partial charge in [-0.05, 0) is 22.6 Å². The summed E-state index contributed by atoms with van der Waals surface area (Å²) in [6.07, 6.45) is 5.65. The summed E-state index contributed by atoms with van der Waals surface area (Å²) >= 11 is 0. The number of aromatic nitrogens is 2. The maximum absolute atomic E-state index is 4.07. The Labute approximate surface area is 138 Å². The number of hydrogen-bond acceptors (Lipinski definition) is 2. The minimum atomic E-state index is 0.525. The van der Waals surface area contributed by atoms with Gasteiger partial charge in [-0.15, -0.1) is 0 Å². The van der Waals surface area contributed by atoms with E-state index in [-0.39, 0.29) is 0 Å². The molecular weight excluding hydrogens is 282 g/mol. The summed E-state index contributed by atoms with van der Waals surface area (Å²) in [7, 11) is 0. The molecule has 1 unspecified atom stereocenters. The predicted molar refractivity (Wildman–Crippen MR) is 94.3 cm³/mol. The van der Waals surface area contributed by atoms with E-state index in [4.69, 9.17) is 0 Å². The maximum Gasteiger partial charge on any atom is 0.0949 e. The van der Waals surface area contributed by atoms with Crippen LogP contribution in [0.15, 0.2) is 73.3 Å². The third kappa shape index (κ3) is 4.54. The number of nitrogens with one attached hydrogen (secondary N) is 1. The van der Waals surface area contributed by atoms with E-state index in [0.717, 1.165) is 19.6 Å². The van der Waals surface area contributed by atoms with Gasteiger partial charge in [-0.2, -0.15) is 0 Å². The van der Waals surface area contributed by atoms with Crippen LogP contribution in [-0.2, 0) is 13.1 Å². The van der Waals surface area contributed by atoms with Crippen LogP contribution in [0.1, 0.15) is 29.5 Å². The zero-order chi connectivity index (χ0) is 15.9. The van der Waals surface area contributed by atoms with Gasteiger partial charge < -0.3 is 9.88 Å². The third-order valence-corrected chi connectivity index (χ3v) is 4.10. The van der Waals surface area contributed by atoms with Gasteiger partial charge in [0.1, 0.15) is 0 Å². The lowest BCUT2D eigenvalue weighted by atomic mass is 10.0. The van der Waals surface area contributed by atoms with Crippen LogP contribution >= 0.6 is 0 Å². The molecule has 0 aliphatic rings. The monoisotopic (exact) mass is 305 g/mol. The summed E-state index contributed by atoms with van der Waals surface area (Å²) in [6, 6.07) is 19.4. The number of nitrogens with zero attached hydrogens (tertiary/aromatic N) is 2. The summed E-state index contributed by atoms with van der Waals surface area (Å²) in [5.41, 5.74) is 4.00. The predicted octanol–water partition coefficient (Wildman–Crippen LogP) is 3.82. The van der Waals surface area contributed by atoms with Crippen molar-refractivity contribution in [1.29, 1.82) is 0 Å². The molecule has 0 aliphatic carbocycles. The Morgan fingerprint density at radius 3 is 2.43 bits per heavy atom. The van der Waals surface area contributed by atoms with Crippen LogP contribution in [0.25, 0.3) is 0 Å². The summed E-state index contributed by atoms with van der Waals surface area (Å²) in [5.74, 6) is 0.525. The van der Waals surface area contributed by atoms with Crippen molar-refractivity contribution in [2.24, 2.45) is 0 Å². The quantitative estimate of drug-likeness (QED) is 0.719. The van der Waals surface area contributed by atoms with Crippen LogP contribution in [0.5, 0.6) is 0 Å². The van der Waals surface area contributed by atoms with Gasteiger partial charge in [0.2, 0.25) is 0 Å². The van der Waals surface area contributed by atoms with Gasteiger partial charge in [0, 0.05) is 32.0 Å². The molecule has 0 fully saturated rings. The Bertz CT molecular complexity index is 688. The van der Waals surface area contributed by atoms with Gasteiger partial charge in [0.15, 0.2) is 0 Å². The van der Waals surface area contributed by atoms with Gasteiger partial charge in [0.05, 0.1) is 6.33 Å². The molecule has 0 aliphatic heterocycles. The number of benzene rings is 2. The lowest BCUT2D eigenvalue weighted by Gasteiger charge is -2.13. The zero-order valence-electron chi connectivity index (χ0n) is 13.5. The summed E-state index contributed by atoms with van der Waals surface area (Å²) < 4.78 is 2.08. The largest absolute Gasteiger partial charge is 0.333 e. The molecule has 0 radical (unpaired) electrons. The molecule has 2 aromatic carbocycles. The van der Waals surface area contributed by atoms with Gasteiger partial charge in [-0.1, -0.05) is 61.5 Å². The van der Waals surface area contributed by atoms with E-state index >= 15 is 0 Å². The van der Waals surface area contributed by atoms with Crippen molar-refractivity contribution in [2.45, 2.75) is 25.9 Å². The van der Waals surface area contributed by atoms with Gasteiger partial charge in [0.25, 0.3) is 0 Å². The molecule has 1 aromatic heterocycles. The average Bonchev–Trinajstić information content (AvgIpc) is 3.10. The lowest BCUT2D eigenvalue weighted by Crippen LogP contribution is -2.19. The molecule has 1 atom stereocenters. The minimum absolute atomic E-state index is 0.525. The topological polar surface area (TPSA) is 29.9 Å². The Morgan fingerprint density at radius 1 is 1.00 bits per heavy atom. The van der Waals surface area contributed by atoms with Crippen molar-refractivity contribution in [3.8, 4) is 0 Å². The zero-order valence-corrected chi connectivity index (χ0v) is 13.5. The van der Waals surface area contributed by atoms with Crippen molar-refractivity contribution >= 4 is 0 Å². The van der Waals surface area contributed by atoms with E-state index in [2.05, 4.69) is 76.4 Å². The van der Waals surface area contributed by atoms with Crippen LogP contribution in [0.2, 0.25) is 0 Å². The lowest BCUT2D eigenvalue weighted by molar-refractivity contribution is 0.615. The molecule has 0 amide bonds. The second-order valence-electron chi connectivity index (χ2n) is 5.99. The van der Waals surface area contributed by atoms with E-state index in [1.54, 1.807) is 0 Å². The Hall–Kier alpha value is -2.39. The average molecular weight is 305 g/mol. The molecule has 3 aromatic rings. The molecule has 0 saturated heterocycles. The first-order valence-corrected chi connectivity index (χ1v) is 8.10. The minimum Gasteiger partial charge on any atom is -0.333 e. The van der Waals surface area contributed by atoms with Crippen molar-refractivity contribution in [1.82, 2.24) is 14.9 Å². The fraction of sp³-hybridized carbons (Fsp3) is 0.250. The Balaban J connectivity index is 1.47. The summed E-state index contributed by atoms with van der Waals surface area (Å²) in [5, 5.41) is 3.55. The third-order valence-electron chi connectivity index (χ3n) is 4.10. The summed E-state index contributed by atoms with van der Waals surface area (Å²) in [4.78, 5) is 4.07. The SMILES string of the molecule is CC(CNCc1ccc(Cn2ccnc2)cc1)c1ccccc1. The second kappa shape index (κ2) is 7.75. The van der Waals surface area contributed by atoms with Crippen LogP contribution < -0.4 is 5.32 Å². The second-order valence-corrected chi connectivity index (χ2v) is 5.99. The molecular formula is C20H23N3. The van der Waals surface area contributed by atoms with Crippen LogP contribution in [0.4, 0.5) is 0 Å². The van der Waals surface area contributed by atoms with Crippen molar-refractivity contribution in [2.75, 3.05) is 6.54 Å². The molecule has 0 saturated carbocycles. The first-order chi connectivity index (χ1) is 11.3. The van der Waals surface area contributed by atoms with Crippen molar-refractivity contribution in [3.63, 3.8) is 0 Å². The highest BCUT2D eigenvalue weighted by Crippen LogP contribution is 2.13. The van der Waals surface area contributed by atoms with Crippen LogP contribution in [0, 0.1) is 0 Å². The molecule has 0 spiro atoms. The Morgan fingerprint density at radius 2 is 1.74 bits per heavy atom. The van der Waals surface area contributed by atoms with E-state index in [1.165, 1.54) is 16.7 Å². The number of rotatable bonds is 7. The smallest absolute Gasteiger partial charge is 0.0949 e. The van der Waals surface area contributed by atoms with E-state index in [9.17, 15) is 0 Å². The van der Waals surface area contributed by atoms with Gasteiger partial charge in [-0.3, -0.25) is 0 Å². The summed E-state index contributed by atoms with van der Waals surface area (Å²) in [6.45, 7) is 5.03. The van der Waals surface area contributed by atoms with Gasteiger partial charge >= 0.3 is 0 Å². The molecule has 3 rings (SSSR count). The van der Waals surface area contributed by atoms with Crippen LogP contribution in [0.3, 0.4) is 0 Å². The fourth-order valence-corrected chi connectivity index (χ4v) is 2.69. The maximum atomic E-state index is 4.07. The van der Waals surface area contributed by atoms with Gasteiger partial charge in [-0.25, -0.2) is 4.98 Å². The van der Waals surface area contributed by atoms with Crippen LogP contribution in [-0.4, -0.2) is 16.1 Å². The van der Waals surface area contributed by atoms with E-state index in [0.29, 0.717) is 5.92 Å². The number of imidazole rings is 1. The molecule has 3 heteroatoms. The molecule has 0 bridgehead atoms. The molecule has 23 heavy (non-hydrogen) atoms. The van der Waals surface area contributed by atoms with Crippen molar-refractivity contribution in [3.05, 3.63) is 90.0 Å². The normalized spacial score (nSPS) is 12.2. The van der Waals surface area contributed by atoms with E-state index in [1.807, 2.05) is 18.7 Å². The molecule has 1 N–H and O–H groups in total. The number of hydrogen-bond donors (Lipinski definition) is 1. The van der Waals surface area contributed by atoms with E-state index < -0.39 is 0 Å². The fourth-order valence-electron chi connectivity index (χ4n) is 2.69. The molecule has 118 valence electrons. The first-order valence-electron chi connectivity index (χ1n) is 8.10. The highest BCUT2D eigenvalue weighted by molar-refractivity contribution is 5.23. The standard InChI is InChI=1S/C20H23N3/c1-17(20-5-3-2-4-6-20)13-22-14-18-7-9-19(10-8-18)15-23-12-11-21-16-23/h2-12,16-17,22H,13-15H2,1H3.